The Bertz CT molecular complexity index is 362. The highest BCUT2D eigenvalue weighted by Gasteiger charge is 2.20. The van der Waals surface area contributed by atoms with Crippen LogP contribution in [0, 0.1) is 0 Å². The van der Waals surface area contributed by atoms with Gasteiger partial charge in [-0.05, 0) is 32.1 Å². The van der Waals surface area contributed by atoms with Crippen molar-refractivity contribution in [3.05, 3.63) is 32.8 Å². The van der Waals surface area contributed by atoms with E-state index in [4.69, 9.17) is 34.8 Å². The van der Waals surface area contributed by atoms with Gasteiger partial charge in [0.15, 0.2) is 0 Å². The molecule has 0 aliphatic rings. The van der Waals surface area contributed by atoms with Crippen LogP contribution in [0.2, 0.25) is 15.1 Å². The van der Waals surface area contributed by atoms with Crippen molar-refractivity contribution in [2.24, 2.45) is 0 Å². The summed E-state index contributed by atoms with van der Waals surface area (Å²) in [5.41, 5.74) is 0.916. The van der Waals surface area contributed by atoms with Crippen LogP contribution < -0.4 is 0 Å². The molecule has 1 nitrogen and oxygen atoms in total. The maximum atomic E-state index is 6.21. The molecular weight excluding hydrogens is 264 g/mol. The van der Waals surface area contributed by atoms with E-state index in [1.54, 1.807) is 12.1 Å². The summed E-state index contributed by atoms with van der Waals surface area (Å²) in [4.78, 5) is 2.28. The molecule has 90 valence electrons. The van der Waals surface area contributed by atoms with Crippen LogP contribution >= 0.6 is 34.8 Å². The molecule has 0 fully saturated rings. The summed E-state index contributed by atoms with van der Waals surface area (Å²) in [6.07, 6.45) is 0. The highest BCUT2D eigenvalue weighted by atomic mass is 35.5. The Morgan fingerprint density at radius 3 is 2.06 bits per heavy atom. The second kappa shape index (κ2) is 6.11. The largest absolute Gasteiger partial charge is 0.297 e. The zero-order chi connectivity index (χ0) is 12.3. The van der Waals surface area contributed by atoms with E-state index in [-0.39, 0.29) is 6.04 Å². The van der Waals surface area contributed by atoms with Crippen LogP contribution in [0.15, 0.2) is 12.1 Å². The van der Waals surface area contributed by atoms with Crippen molar-refractivity contribution in [1.29, 1.82) is 0 Å². The van der Waals surface area contributed by atoms with Gasteiger partial charge in [0.1, 0.15) is 0 Å². The lowest BCUT2D eigenvalue weighted by molar-refractivity contribution is 0.234. The minimum absolute atomic E-state index is 0.175. The first-order valence-electron chi connectivity index (χ1n) is 5.40. The molecule has 0 radical (unpaired) electrons. The fourth-order valence-corrected chi connectivity index (χ4v) is 2.73. The number of halogens is 3. The van der Waals surface area contributed by atoms with Gasteiger partial charge in [0.05, 0.1) is 10.0 Å². The molecule has 1 atom stereocenters. The molecule has 0 amide bonds. The van der Waals surface area contributed by atoms with E-state index in [1.807, 2.05) is 0 Å². The lowest BCUT2D eigenvalue weighted by Gasteiger charge is -2.28. The van der Waals surface area contributed by atoms with Gasteiger partial charge in [-0.25, -0.2) is 0 Å². The molecule has 0 bridgehead atoms. The zero-order valence-corrected chi connectivity index (χ0v) is 12.0. The molecule has 0 aromatic heterocycles. The topological polar surface area (TPSA) is 3.24 Å². The van der Waals surface area contributed by atoms with Gasteiger partial charge < -0.3 is 0 Å². The third-order valence-electron chi connectivity index (χ3n) is 2.86. The maximum Gasteiger partial charge on any atom is 0.0654 e. The van der Waals surface area contributed by atoms with Crippen LogP contribution in [-0.4, -0.2) is 18.0 Å². The molecule has 1 rings (SSSR count). The quantitative estimate of drug-likeness (QED) is 0.698. The van der Waals surface area contributed by atoms with E-state index in [1.165, 1.54) is 0 Å². The molecule has 16 heavy (non-hydrogen) atoms. The van der Waals surface area contributed by atoms with Gasteiger partial charge in [-0.15, -0.1) is 0 Å². The van der Waals surface area contributed by atoms with Gasteiger partial charge in [-0.2, -0.15) is 0 Å². The summed E-state index contributed by atoms with van der Waals surface area (Å²) in [6.45, 7) is 8.24. The Balaban J connectivity index is 3.16. The first kappa shape index (κ1) is 14.1. The molecule has 1 aromatic rings. The fourth-order valence-electron chi connectivity index (χ4n) is 1.88. The van der Waals surface area contributed by atoms with E-state index in [0.717, 1.165) is 18.7 Å². The summed E-state index contributed by atoms with van der Waals surface area (Å²) < 4.78 is 0. The monoisotopic (exact) mass is 279 g/mol. The Hall–Kier alpha value is 0.0500. The molecule has 1 unspecified atom stereocenters. The average molecular weight is 281 g/mol. The van der Waals surface area contributed by atoms with Crippen molar-refractivity contribution < 1.29 is 0 Å². The predicted octanol–water partition coefficient (Wildman–Crippen LogP) is 5.05. The summed E-state index contributed by atoms with van der Waals surface area (Å²) in [5.74, 6) is 0. The number of benzene rings is 1. The number of hydrogen-bond donors (Lipinski definition) is 0. The first-order valence-corrected chi connectivity index (χ1v) is 6.53. The van der Waals surface area contributed by atoms with Gasteiger partial charge >= 0.3 is 0 Å². The first-order chi connectivity index (χ1) is 7.52. The Morgan fingerprint density at radius 1 is 1.06 bits per heavy atom. The van der Waals surface area contributed by atoms with E-state index in [2.05, 4.69) is 25.7 Å². The van der Waals surface area contributed by atoms with Crippen LogP contribution in [0.1, 0.15) is 32.4 Å². The summed E-state index contributed by atoms with van der Waals surface area (Å²) in [5, 5.41) is 1.79. The molecule has 0 N–H and O–H groups in total. The molecule has 1 aromatic carbocycles. The number of hydrogen-bond acceptors (Lipinski definition) is 1. The molecule has 4 heteroatoms. The molecule has 0 spiro atoms. The lowest BCUT2D eigenvalue weighted by Crippen LogP contribution is -2.26. The zero-order valence-electron chi connectivity index (χ0n) is 9.73. The smallest absolute Gasteiger partial charge is 0.0654 e. The van der Waals surface area contributed by atoms with Crippen LogP contribution in [0.4, 0.5) is 0 Å². The SMILES string of the molecule is CCN(CC)C(C)c1c(Cl)ccc(Cl)c1Cl. The Labute approximate surface area is 112 Å². The van der Waals surface area contributed by atoms with E-state index in [0.29, 0.717) is 15.1 Å². The molecule has 0 aliphatic heterocycles. The number of rotatable bonds is 4. The summed E-state index contributed by atoms with van der Waals surface area (Å²) >= 11 is 18.4. The van der Waals surface area contributed by atoms with Crippen molar-refractivity contribution in [2.45, 2.75) is 26.8 Å². The Morgan fingerprint density at radius 2 is 1.56 bits per heavy atom. The molecule has 0 saturated heterocycles. The predicted molar refractivity (Wildman–Crippen MR) is 72.8 cm³/mol. The van der Waals surface area contributed by atoms with Gasteiger partial charge in [-0.3, -0.25) is 4.90 Å². The van der Waals surface area contributed by atoms with Crippen molar-refractivity contribution in [1.82, 2.24) is 4.90 Å². The second-order valence-corrected chi connectivity index (χ2v) is 4.85. The molecule has 0 aliphatic carbocycles. The van der Waals surface area contributed by atoms with Gasteiger partial charge in [-0.1, -0.05) is 48.7 Å². The summed E-state index contributed by atoms with van der Waals surface area (Å²) in [6, 6.07) is 3.70. The average Bonchev–Trinajstić information content (AvgIpc) is 2.26. The Kier molecular flexibility index (Phi) is 5.39. The van der Waals surface area contributed by atoms with Crippen LogP contribution in [0.5, 0.6) is 0 Å². The lowest BCUT2D eigenvalue weighted by atomic mass is 10.1. The summed E-state index contributed by atoms with van der Waals surface area (Å²) in [7, 11) is 0. The second-order valence-electron chi connectivity index (χ2n) is 3.65. The van der Waals surface area contributed by atoms with Gasteiger partial charge in [0.25, 0.3) is 0 Å². The van der Waals surface area contributed by atoms with Crippen molar-refractivity contribution in [2.75, 3.05) is 13.1 Å². The third kappa shape index (κ3) is 2.84. The normalized spacial score (nSPS) is 13.2. The van der Waals surface area contributed by atoms with E-state index >= 15 is 0 Å². The number of nitrogens with zero attached hydrogens (tertiary/aromatic N) is 1. The maximum absolute atomic E-state index is 6.21. The molecule has 0 heterocycles. The van der Waals surface area contributed by atoms with Crippen molar-refractivity contribution >= 4 is 34.8 Å². The highest BCUT2D eigenvalue weighted by Crippen LogP contribution is 2.37. The minimum Gasteiger partial charge on any atom is -0.297 e. The van der Waals surface area contributed by atoms with E-state index < -0.39 is 0 Å². The molecule has 0 saturated carbocycles. The van der Waals surface area contributed by atoms with Crippen LogP contribution in [0.25, 0.3) is 0 Å². The standard InChI is InChI=1S/C12H16Cl3N/c1-4-16(5-2)8(3)11-9(13)6-7-10(14)12(11)15/h6-8H,4-5H2,1-3H3. The fraction of sp³-hybridized carbons (Fsp3) is 0.500. The minimum atomic E-state index is 0.175. The van der Waals surface area contributed by atoms with Crippen LogP contribution in [0.3, 0.4) is 0 Å². The van der Waals surface area contributed by atoms with Crippen molar-refractivity contribution in [3.63, 3.8) is 0 Å². The van der Waals surface area contributed by atoms with Gasteiger partial charge in [0, 0.05) is 16.6 Å². The molecular formula is C12H16Cl3N. The highest BCUT2D eigenvalue weighted by molar-refractivity contribution is 6.44. The van der Waals surface area contributed by atoms with E-state index in [9.17, 15) is 0 Å². The van der Waals surface area contributed by atoms with Gasteiger partial charge in [0.2, 0.25) is 0 Å². The van der Waals surface area contributed by atoms with Crippen molar-refractivity contribution in [3.8, 4) is 0 Å². The third-order valence-corrected chi connectivity index (χ3v) is 4.01. The van der Waals surface area contributed by atoms with Crippen LogP contribution in [-0.2, 0) is 0 Å².